The number of nitrogens with one attached hydrogen (secondary N) is 1. The molecule has 1 fully saturated rings. The van der Waals surface area contributed by atoms with Gasteiger partial charge in [-0.25, -0.2) is 0 Å². The van der Waals surface area contributed by atoms with Crippen LogP contribution in [0.4, 0.5) is 5.69 Å². The molecule has 0 bridgehead atoms. The Labute approximate surface area is 210 Å². The molecule has 2 aromatic carbocycles. The van der Waals surface area contributed by atoms with E-state index in [0.717, 1.165) is 29.1 Å². The zero-order chi connectivity index (χ0) is 24.4. The second kappa shape index (κ2) is 9.95. The minimum atomic E-state index is -0.509. The molecule has 0 radical (unpaired) electrons. The van der Waals surface area contributed by atoms with Gasteiger partial charge in [-0.3, -0.25) is 19.8 Å². The summed E-state index contributed by atoms with van der Waals surface area (Å²) in [4.78, 5) is 27.3. The van der Waals surface area contributed by atoms with Crippen molar-refractivity contribution in [1.82, 2.24) is 9.88 Å². The van der Waals surface area contributed by atoms with Crippen LogP contribution in [0.1, 0.15) is 42.3 Å². The van der Waals surface area contributed by atoms with Crippen molar-refractivity contribution in [3.8, 4) is 5.69 Å². The first-order valence-electron chi connectivity index (χ1n) is 11.3. The second-order valence-electron chi connectivity index (χ2n) is 8.37. The highest BCUT2D eigenvalue weighted by Gasteiger charge is 2.34. The number of hydrogen-bond acceptors (Lipinski definition) is 3. The van der Waals surface area contributed by atoms with Gasteiger partial charge >= 0.3 is 0 Å². The number of carbonyl (C=O) groups excluding carboxylic acids is 2. The van der Waals surface area contributed by atoms with Gasteiger partial charge in [0.15, 0.2) is 5.11 Å². The van der Waals surface area contributed by atoms with Crippen molar-refractivity contribution in [2.24, 2.45) is 0 Å². The number of aryl methyl sites for hydroxylation is 2. The van der Waals surface area contributed by atoms with Crippen molar-refractivity contribution < 1.29 is 9.59 Å². The Morgan fingerprint density at radius 1 is 1.00 bits per heavy atom. The van der Waals surface area contributed by atoms with E-state index in [1.165, 1.54) is 23.3 Å². The maximum Gasteiger partial charge on any atom is 0.270 e. The lowest BCUT2D eigenvalue weighted by atomic mass is 10.1. The molecule has 2 amide bonds. The minimum Gasteiger partial charge on any atom is -0.318 e. The summed E-state index contributed by atoms with van der Waals surface area (Å²) in [5.74, 6) is -0.980. The largest absolute Gasteiger partial charge is 0.318 e. The molecule has 1 aromatic heterocycles. The highest BCUT2D eigenvalue weighted by molar-refractivity contribution is 7.80. The van der Waals surface area contributed by atoms with Crippen LogP contribution in [-0.4, -0.2) is 21.5 Å². The molecule has 0 unspecified atom stereocenters. The van der Waals surface area contributed by atoms with Crippen LogP contribution in [0, 0.1) is 13.8 Å². The summed E-state index contributed by atoms with van der Waals surface area (Å²) in [6.45, 7) is 6.19. The summed E-state index contributed by atoms with van der Waals surface area (Å²) in [5.41, 5.74) is 5.69. The van der Waals surface area contributed by atoms with E-state index in [2.05, 4.69) is 41.1 Å². The van der Waals surface area contributed by atoms with Crippen molar-refractivity contribution in [3.63, 3.8) is 0 Å². The molecule has 5 nitrogen and oxygen atoms in total. The zero-order valence-electron chi connectivity index (χ0n) is 19.4. The molecule has 4 rings (SSSR count). The van der Waals surface area contributed by atoms with Crippen LogP contribution >= 0.6 is 23.8 Å². The van der Waals surface area contributed by atoms with Crippen molar-refractivity contribution in [1.29, 1.82) is 0 Å². The van der Waals surface area contributed by atoms with Gasteiger partial charge in [0.05, 0.1) is 5.69 Å². The molecule has 0 aliphatic carbocycles. The average molecular weight is 492 g/mol. The van der Waals surface area contributed by atoms with Gasteiger partial charge in [0.2, 0.25) is 0 Å². The molecular formula is C27H26ClN3O2S. The second-order valence-corrected chi connectivity index (χ2v) is 9.19. The minimum absolute atomic E-state index is 0.0266. The molecule has 0 saturated carbocycles. The van der Waals surface area contributed by atoms with E-state index in [4.69, 9.17) is 23.8 Å². The molecule has 174 valence electrons. The van der Waals surface area contributed by atoms with Crippen molar-refractivity contribution in [3.05, 3.63) is 87.7 Å². The molecule has 1 aliphatic rings. The predicted molar refractivity (Wildman–Crippen MR) is 142 cm³/mol. The van der Waals surface area contributed by atoms with E-state index < -0.39 is 11.8 Å². The Morgan fingerprint density at radius 3 is 2.29 bits per heavy atom. The lowest BCUT2D eigenvalue weighted by molar-refractivity contribution is -0.122. The van der Waals surface area contributed by atoms with Crippen LogP contribution in [0.5, 0.6) is 0 Å². The van der Waals surface area contributed by atoms with E-state index >= 15 is 0 Å². The Balaban J connectivity index is 1.68. The molecule has 1 aliphatic heterocycles. The Bertz CT molecular complexity index is 1290. The fourth-order valence-corrected chi connectivity index (χ4v) is 4.57. The number of aromatic nitrogens is 1. The van der Waals surface area contributed by atoms with Gasteiger partial charge in [-0.05, 0) is 98.6 Å². The van der Waals surface area contributed by atoms with Crippen LogP contribution in [0.3, 0.4) is 0 Å². The number of rotatable bonds is 6. The molecule has 3 aromatic rings. The lowest BCUT2D eigenvalue weighted by Crippen LogP contribution is -2.54. The molecule has 2 heterocycles. The zero-order valence-corrected chi connectivity index (χ0v) is 21.0. The van der Waals surface area contributed by atoms with E-state index in [1.807, 2.05) is 19.9 Å². The fraction of sp³-hybridized carbons (Fsp3) is 0.222. The van der Waals surface area contributed by atoms with Gasteiger partial charge in [0, 0.05) is 22.1 Å². The maximum atomic E-state index is 13.3. The number of nitrogens with zero attached hydrogens (tertiary/aromatic N) is 2. The van der Waals surface area contributed by atoms with Gasteiger partial charge < -0.3 is 4.57 Å². The molecule has 0 atom stereocenters. The fourth-order valence-electron chi connectivity index (χ4n) is 4.16. The summed E-state index contributed by atoms with van der Waals surface area (Å²) in [6.07, 6.45) is 5.05. The summed E-state index contributed by atoms with van der Waals surface area (Å²) in [6, 6.07) is 17.3. The van der Waals surface area contributed by atoms with E-state index in [1.54, 1.807) is 30.3 Å². The number of benzene rings is 2. The number of thiocarbonyl (C=S) groups is 1. The molecule has 1 saturated heterocycles. The third-order valence-corrected chi connectivity index (χ3v) is 6.51. The number of anilines is 1. The maximum absolute atomic E-state index is 13.3. The summed E-state index contributed by atoms with van der Waals surface area (Å²) in [7, 11) is 0. The van der Waals surface area contributed by atoms with Gasteiger partial charge in [-0.15, -0.1) is 0 Å². The van der Waals surface area contributed by atoms with Gasteiger partial charge in [0.1, 0.15) is 5.57 Å². The monoisotopic (exact) mass is 491 g/mol. The average Bonchev–Trinajstić information content (AvgIpc) is 3.09. The number of halogens is 1. The summed E-state index contributed by atoms with van der Waals surface area (Å²) in [5, 5.41) is 3.22. The first-order chi connectivity index (χ1) is 16.3. The van der Waals surface area contributed by atoms with Crippen LogP contribution in [0.25, 0.3) is 11.8 Å². The summed E-state index contributed by atoms with van der Waals surface area (Å²) < 4.78 is 2.13. The van der Waals surface area contributed by atoms with Crippen LogP contribution in [0.2, 0.25) is 5.02 Å². The van der Waals surface area contributed by atoms with Crippen LogP contribution in [0.15, 0.2) is 60.2 Å². The quantitative estimate of drug-likeness (QED) is 0.264. The predicted octanol–water partition coefficient (Wildman–Crippen LogP) is 5.92. The molecule has 7 heteroatoms. The first kappa shape index (κ1) is 23.9. The van der Waals surface area contributed by atoms with Gasteiger partial charge in [-0.1, -0.05) is 37.1 Å². The van der Waals surface area contributed by atoms with Crippen LogP contribution in [-0.2, 0) is 16.0 Å². The Morgan fingerprint density at radius 2 is 1.65 bits per heavy atom. The smallest absolute Gasteiger partial charge is 0.270 e. The highest BCUT2D eigenvalue weighted by atomic mass is 35.5. The molecule has 34 heavy (non-hydrogen) atoms. The van der Waals surface area contributed by atoms with Gasteiger partial charge in [-0.2, -0.15) is 0 Å². The third-order valence-electron chi connectivity index (χ3n) is 5.97. The Hall–Kier alpha value is -3.22. The highest BCUT2D eigenvalue weighted by Crippen LogP contribution is 2.27. The van der Waals surface area contributed by atoms with E-state index in [9.17, 15) is 9.59 Å². The summed E-state index contributed by atoms with van der Waals surface area (Å²) >= 11 is 11.3. The molecule has 0 spiro atoms. The number of hydrogen-bond donors (Lipinski definition) is 1. The normalized spacial score (nSPS) is 15.2. The standard InChI is InChI=1S/C27H26ClN3O2S/c1-4-5-6-19-7-11-22(12-8-19)30-17(2)15-20(18(30)3)16-24-25(32)29-27(34)31(26(24)33)23-13-9-21(28)10-14-23/h7-16H,4-6H2,1-3H3,(H,29,32,34). The molecular weight excluding hydrogens is 466 g/mol. The van der Waals surface area contributed by atoms with E-state index in [0.29, 0.717) is 10.7 Å². The van der Waals surface area contributed by atoms with Crippen LogP contribution < -0.4 is 10.2 Å². The third kappa shape index (κ3) is 4.69. The number of carbonyl (C=O) groups is 2. The van der Waals surface area contributed by atoms with E-state index in [-0.39, 0.29) is 10.7 Å². The van der Waals surface area contributed by atoms with Crippen molar-refractivity contribution in [2.45, 2.75) is 40.0 Å². The van der Waals surface area contributed by atoms with Gasteiger partial charge in [0.25, 0.3) is 11.8 Å². The van der Waals surface area contributed by atoms with Crippen molar-refractivity contribution in [2.75, 3.05) is 4.90 Å². The topological polar surface area (TPSA) is 54.3 Å². The Kier molecular flexibility index (Phi) is 7.00. The SMILES string of the molecule is CCCCc1ccc(-n2c(C)cc(C=C3C(=O)NC(=S)N(c4ccc(Cl)cc4)C3=O)c2C)cc1. The lowest BCUT2D eigenvalue weighted by Gasteiger charge is -2.28. The van der Waals surface area contributed by atoms with Crippen molar-refractivity contribution >= 4 is 52.5 Å². The number of unbranched alkanes of at least 4 members (excludes halogenated alkanes) is 1. The first-order valence-corrected chi connectivity index (χ1v) is 12.0. The number of amides is 2. The molecule has 1 N–H and O–H groups in total.